The lowest BCUT2D eigenvalue weighted by Crippen LogP contribution is -2.07. The van der Waals surface area contributed by atoms with Crippen LogP contribution < -0.4 is 5.73 Å². The van der Waals surface area contributed by atoms with Crippen molar-refractivity contribution in [3.63, 3.8) is 0 Å². The molecule has 0 amide bonds. The van der Waals surface area contributed by atoms with Crippen LogP contribution in [0.2, 0.25) is 5.02 Å². The molecule has 1 rings (SSSR count). The third-order valence-corrected chi connectivity index (χ3v) is 2.33. The summed E-state index contributed by atoms with van der Waals surface area (Å²) in [4.78, 5) is 0. The number of nitrogens with two attached hydrogens (primary N) is 1. The molecular weight excluding hydrogens is 205 g/mol. The third-order valence-electron chi connectivity index (χ3n) is 2.06. The molecule has 3 N–H and O–H groups in total. The van der Waals surface area contributed by atoms with Crippen LogP contribution in [0.5, 0.6) is 0 Å². The highest BCUT2D eigenvalue weighted by Gasteiger charge is 2.11. The number of benzene rings is 1. The summed E-state index contributed by atoms with van der Waals surface area (Å²) >= 11 is 5.65. The van der Waals surface area contributed by atoms with E-state index in [1.54, 1.807) is 13.0 Å². The van der Waals surface area contributed by atoms with E-state index in [2.05, 4.69) is 0 Å². The van der Waals surface area contributed by atoms with E-state index >= 15 is 0 Å². The topological polar surface area (TPSA) is 46.2 Å². The zero-order valence-corrected chi connectivity index (χ0v) is 8.68. The Morgan fingerprint density at radius 3 is 2.71 bits per heavy atom. The lowest BCUT2D eigenvalue weighted by atomic mass is 10.0. The highest BCUT2D eigenvalue weighted by Crippen LogP contribution is 2.25. The first-order valence-electron chi connectivity index (χ1n) is 4.40. The number of hydrogen-bond donors (Lipinski definition) is 2. The van der Waals surface area contributed by atoms with Gasteiger partial charge in [0.25, 0.3) is 0 Å². The molecule has 0 aliphatic carbocycles. The molecule has 0 spiro atoms. The zero-order valence-electron chi connectivity index (χ0n) is 7.93. The minimum atomic E-state index is -0.670. The molecule has 0 unspecified atom stereocenters. The molecule has 0 radical (unpaired) electrons. The Morgan fingerprint density at radius 1 is 1.57 bits per heavy atom. The van der Waals surface area contributed by atoms with Gasteiger partial charge >= 0.3 is 0 Å². The fourth-order valence-corrected chi connectivity index (χ4v) is 1.55. The number of aliphatic hydroxyl groups is 1. The molecule has 0 saturated carbocycles. The van der Waals surface area contributed by atoms with E-state index in [0.29, 0.717) is 24.1 Å². The van der Waals surface area contributed by atoms with Gasteiger partial charge in [-0.15, -0.1) is 0 Å². The van der Waals surface area contributed by atoms with E-state index < -0.39 is 11.9 Å². The van der Waals surface area contributed by atoms with Crippen molar-refractivity contribution in [2.45, 2.75) is 19.4 Å². The van der Waals surface area contributed by atoms with Crippen molar-refractivity contribution in [2.75, 3.05) is 6.54 Å². The average molecular weight is 218 g/mol. The number of rotatable bonds is 3. The fraction of sp³-hybridized carbons (Fsp3) is 0.400. The summed E-state index contributed by atoms with van der Waals surface area (Å²) in [6.45, 7) is 2.00. The molecule has 0 saturated heterocycles. The lowest BCUT2D eigenvalue weighted by Gasteiger charge is -2.11. The van der Waals surface area contributed by atoms with Gasteiger partial charge in [-0.25, -0.2) is 4.39 Å². The molecule has 4 heteroatoms. The summed E-state index contributed by atoms with van der Waals surface area (Å²) in [7, 11) is 0. The molecule has 0 fully saturated rings. The molecule has 1 atom stereocenters. The normalized spacial score (nSPS) is 12.9. The maximum Gasteiger partial charge on any atom is 0.144 e. The van der Waals surface area contributed by atoms with E-state index in [4.69, 9.17) is 17.3 Å². The molecule has 0 aliphatic heterocycles. The Kier molecular flexibility index (Phi) is 3.86. The van der Waals surface area contributed by atoms with Crippen LogP contribution in [-0.2, 0) is 0 Å². The Labute approximate surface area is 87.5 Å². The van der Waals surface area contributed by atoms with Crippen molar-refractivity contribution in [1.29, 1.82) is 0 Å². The molecule has 14 heavy (non-hydrogen) atoms. The summed E-state index contributed by atoms with van der Waals surface area (Å²) in [6.07, 6.45) is -0.224. The van der Waals surface area contributed by atoms with Crippen LogP contribution in [0.4, 0.5) is 4.39 Å². The molecule has 0 aliphatic rings. The largest absolute Gasteiger partial charge is 0.388 e. The lowest BCUT2D eigenvalue weighted by molar-refractivity contribution is 0.170. The first-order valence-corrected chi connectivity index (χ1v) is 4.77. The summed E-state index contributed by atoms with van der Waals surface area (Å²) in [5.41, 5.74) is 6.35. The SMILES string of the molecule is Cc1cc([C@@H](O)CCN)cc(Cl)c1F. The van der Waals surface area contributed by atoms with Crippen molar-refractivity contribution < 1.29 is 9.50 Å². The monoisotopic (exact) mass is 217 g/mol. The van der Waals surface area contributed by atoms with Gasteiger partial charge in [-0.05, 0) is 37.1 Å². The van der Waals surface area contributed by atoms with E-state index in [0.717, 1.165) is 0 Å². The quantitative estimate of drug-likeness (QED) is 0.815. The number of hydrogen-bond acceptors (Lipinski definition) is 2. The highest BCUT2D eigenvalue weighted by atomic mass is 35.5. The zero-order chi connectivity index (χ0) is 10.7. The summed E-state index contributed by atoms with van der Waals surface area (Å²) in [5.74, 6) is -0.435. The standard InChI is InChI=1S/C10H13ClFNO/c1-6-4-7(9(14)2-3-13)5-8(11)10(6)12/h4-5,9,14H,2-3,13H2,1H3/t9-/m0/s1. The van der Waals surface area contributed by atoms with Crippen molar-refractivity contribution in [3.8, 4) is 0 Å². The van der Waals surface area contributed by atoms with Crippen molar-refractivity contribution in [3.05, 3.63) is 34.1 Å². The van der Waals surface area contributed by atoms with Crippen LogP contribution in [-0.4, -0.2) is 11.7 Å². The molecule has 1 aromatic carbocycles. The van der Waals surface area contributed by atoms with Gasteiger partial charge in [-0.1, -0.05) is 17.7 Å². The van der Waals surface area contributed by atoms with Gasteiger partial charge in [-0.2, -0.15) is 0 Å². The first kappa shape index (κ1) is 11.4. The number of aryl methyl sites for hydroxylation is 1. The Balaban J connectivity index is 3.00. The van der Waals surface area contributed by atoms with Crippen LogP contribution in [0, 0.1) is 12.7 Å². The molecule has 0 aromatic heterocycles. The Bertz CT molecular complexity index is 307. The van der Waals surface area contributed by atoms with Gasteiger partial charge in [-0.3, -0.25) is 0 Å². The summed E-state index contributed by atoms with van der Waals surface area (Å²) in [6, 6.07) is 3.02. The molecule has 1 aromatic rings. The summed E-state index contributed by atoms with van der Waals surface area (Å²) in [5, 5.41) is 9.64. The van der Waals surface area contributed by atoms with E-state index in [1.165, 1.54) is 6.07 Å². The fourth-order valence-electron chi connectivity index (χ4n) is 1.27. The van der Waals surface area contributed by atoms with Crippen molar-refractivity contribution in [1.82, 2.24) is 0 Å². The smallest absolute Gasteiger partial charge is 0.144 e. The van der Waals surface area contributed by atoms with E-state index in [1.807, 2.05) is 0 Å². The first-order chi connectivity index (χ1) is 6.56. The third kappa shape index (κ3) is 2.44. The van der Waals surface area contributed by atoms with Crippen molar-refractivity contribution >= 4 is 11.6 Å². The van der Waals surface area contributed by atoms with Gasteiger partial charge in [0, 0.05) is 0 Å². The van der Waals surface area contributed by atoms with Crippen LogP contribution in [0.3, 0.4) is 0 Å². The minimum absolute atomic E-state index is 0.0380. The average Bonchev–Trinajstić information content (AvgIpc) is 2.13. The maximum atomic E-state index is 13.1. The Morgan fingerprint density at radius 2 is 2.21 bits per heavy atom. The predicted octanol–water partition coefficient (Wildman–Crippen LogP) is 2.17. The van der Waals surface area contributed by atoms with Crippen LogP contribution in [0.1, 0.15) is 23.7 Å². The second-order valence-corrected chi connectivity index (χ2v) is 3.63. The molecule has 0 bridgehead atoms. The molecule has 0 heterocycles. The van der Waals surface area contributed by atoms with E-state index in [9.17, 15) is 9.50 Å². The molecular formula is C10H13ClFNO. The van der Waals surface area contributed by atoms with Gasteiger partial charge < -0.3 is 10.8 Å². The number of halogens is 2. The summed E-state index contributed by atoms with van der Waals surface area (Å²) < 4.78 is 13.1. The van der Waals surface area contributed by atoms with Crippen LogP contribution in [0.25, 0.3) is 0 Å². The van der Waals surface area contributed by atoms with Crippen molar-refractivity contribution in [2.24, 2.45) is 5.73 Å². The van der Waals surface area contributed by atoms with Gasteiger partial charge in [0.1, 0.15) is 5.82 Å². The maximum absolute atomic E-state index is 13.1. The Hall–Kier alpha value is -0.640. The predicted molar refractivity (Wildman–Crippen MR) is 54.8 cm³/mol. The van der Waals surface area contributed by atoms with E-state index in [-0.39, 0.29) is 5.02 Å². The highest BCUT2D eigenvalue weighted by molar-refractivity contribution is 6.30. The van der Waals surface area contributed by atoms with Crippen LogP contribution in [0.15, 0.2) is 12.1 Å². The second kappa shape index (κ2) is 4.73. The number of aliphatic hydroxyl groups excluding tert-OH is 1. The van der Waals surface area contributed by atoms with Gasteiger partial charge in [0.05, 0.1) is 11.1 Å². The van der Waals surface area contributed by atoms with Crippen LogP contribution >= 0.6 is 11.6 Å². The van der Waals surface area contributed by atoms with Gasteiger partial charge in [0.15, 0.2) is 0 Å². The second-order valence-electron chi connectivity index (χ2n) is 3.23. The minimum Gasteiger partial charge on any atom is -0.388 e. The van der Waals surface area contributed by atoms with Gasteiger partial charge in [0.2, 0.25) is 0 Å². The molecule has 2 nitrogen and oxygen atoms in total. The molecule has 78 valence electrons.